The molecule has 1 heterocycles. The zero-order valence-corrected chi connectivity index (χ0v) is 15.8. The van der Waals surface area contributed by atoms with Crippen LogP contribution in [0.3, 0.4) is 0 Å². The summed E-state index contributed by atoms with van der Waals surface area (Å²) < 4.78 is 31.9. The van der Waals surface area contributed by atoms with Gasteiger partial charge >= 0.3 is 0 Å². The Bertz CT molecular complexity index is 1120. The molecule has 1 aliphatic rings. The van der Waals surface area contributed by atoms with E-state index in [1.165, 1.54) is 16.4 Å². The average molecular weight is 397 g/mol. The fourth-order valence-corrected chi connectivity index (χ4v) is 4.49. The van der Waals surface area contributed by atoms with E-state index < -0.39 is 10.0 Å². The smallest absolute Gasteiger partial charge is 0.243 e. The Hall–Kier alpha value is -2.81. The summed E-state index contributed by atoms with van der Waals surface area (Å²) in [6, 6.07) is 17.0. The van der Waals surface area contributed by atoms with Crippen LogP contribution in [0.15, 0.2) is 75.8 Å². The van der Waals surface area contributed by atoms with Gasteiger partial charge in [-0.2, -0.15) is 9.42 Å². The SMILES string of the molecule is O=S(=O)(c1ccc(N=Nc2ccc(O)c3ccccc23)cc1)N1CCOCC1. The molecule has 0 aliphatic carbocycles. The first-order valence-electron chi connectivity index (χ1n) is 8.86. The lowest BCUT2D eigenvalue weighted by molar-refractivity contribution is 0.0730. The quantitative estimate of drug-likeness (QED) is 0.674. The van der Waals surface area contributed by atoms with Crippen LogP contribution < -0.4 is 0 Å². The first-order chi connectivity index (χ1) is 13.6. The zero-order valence-electron chi connectivity index (χ0n) is 15.0. The van der Waals surface area contributed by atoms with Crippen molar-refractivity contribution in [2.24, 2.45) is 10.2 Å². The Balaban J connectivity index is 1.58. The van der Waals surface area contributed by atoms with E-state index in [2.05, 4.69) is 10.2 Å². The van der Waals surface area contributed by atoms with Crippen molar-refractivity contribution in [3.63, 3.8) is 0 Å². The molecular formula is C20H19N3O4S. The van der Waals surface area contributed by atoms with Crippen LogP contribution in [0.25, 0.3) is 10.8 Å². The molecule has 0 saturated carbocycles. The fraction of sp³-hybridized carbons (Fsp3) is 0.200. The van der Waals surface area contributed by atoms with Crippen LogP contribution in [0.5, 0.6) is 5.75 Å². The lowest BCUT2D eigenvalue weighted by Crippen LogP contribution is -2.40. The highest BCUT2D eigenvalue weighted by atomic mass is 32.2. The third kappa shape index (κ3) is 3.62. The molecule has 3 aromatic rings. The van der Waals surface area contributed by atoms with Gasteiger partial charge in [0.1, 0.15) is 5.75 Å². The van der Waals surface area contributed by atoms with Gasteiger partial charge in [0.05, 0.1) is 29.5 Å². The minimum Gasteiger partial charge on any atom is -0.507 e. The molecule has 1 fully saturated rings. The highest BCUT2D eigenvalue weighted by Gasteiger charge is 2.26. The van der Waals surface area contributed by atoms with E-state index in [1.807, 2.05) is 24.3 Å². The highest BCUT2D eigenvalue weighted by molar-refractivity contribution is 7.89. The third-order valence-electron chi connectivity index (χ3n) is 4.60. The average Bonchev–Trinajstić information content (AvgIpc) is 2.74. The van der Waals surface area contributed by atoms with Gasteiger partial charge in [0, 0.05) is 23.9 Å². The summed E-state index contributed by atoms with van der Waals surface area (Å²) in [5.74, 6) is 0.187. The first kappa shape index (κ1) is 18.5. The molecule has 4 rings (SSSR count). The van der Waals surface area contributed by atoms with E-state index in [-0.39, 0.29) is 10.6 Å². The number of aromatic hydroxyl groups is 1. The standard InChI is InChI=1S/C20H19N3O4S/c24-20-10-9-19(17-3-1-2-4-18(17)20)22-21-15-5-7-16(8-6-15)28(25,26)23-11-13-27-14-12-23/h1-10,24H,11-14H2. The van der Waals surface area contributed by atoms with E-state index in [0.717, 1.165) is 5.39 Å². The number of sulfonamides is 1. The van der Waals surface area contributed by atoms with Gasteiger partial charge in [-0.05, 0) is 36.4 Å². The number of hydrogen-bond acceptors (Lipinski definition) is 6. The lowest BCUT2D eigenvalue weighted by Gasteiger charge is -2.26. The van der Waals surface area contributed by atoms with Crippen LogP contribution in [-0.2, 0) is 14.8 Å². The van der Waals surface area contributed by atoms with E-state index in [0.29, 0.717) is 43.1 Å². The van der Waals surface area contributed by atoms with Crippen molar-refractivity contribution in [2.45, 2.75) is 4.90 Å². The molecule has 144 valence electrons. The van der Waals surface area contributed by atoms with Crippen molar-refractivity contribution < 1.29 is 18.3 Å². The summed E-state index contributed by atoms with van der Waals surface area (Å²) in [4.78, 5) is 0.225. The molecule has 7 nitrogen and oxygen atoms in total. The highest BCUT2D eigenvalue weighted by Crippen LogP contribution is 2.33. The largest absolute Gasteiger partial charge is 0.507 e. The molecule has 0 bridgehead atoms. The molecule has 1 N–H and O–H groups in total. The van der Waals surface area contributed by atoms with Crippen molar-refractivity contribution in [3.8, 4) is 5.75 Å². The molecule has 0 amide bonds. The summed E-state index contributed by atoms with van der Waals surface area (Å²) in [6.45, 7) is 1.54. The third-order valence-corrected chi connectivity index (χ3v) is 6.51. The monoisotopic (exact) mass is 397 g/mol. The van der Waals surface area contributed by atoms with Crippen LogP contribution in [0.1, 0.15) is 0 Å². The Morgan fingerprint density at radius 2 is 1.54 bits per heavy atom. The minimum absolute atomic E-state index is 0.187. The molecule has 0 unspecified atom stereocenters. The predicted octanol–water partition coefficient (Wildman–Crippen LogP) is 3.98. The molecule has 0 aromatic heterocycles. The molecule has 8 heteroatoms. The van der Waals surface area contributed by atoms with E-state index in [4.69, 9.17) is 4.74 Å². The van der Waals surface area contributed by atoms with Crippen LogP contribution in [0, 0.1) is 0 Å². The lowest BCUT2D eigenvalue weighted by atomic mass is 10.1. The number of hydrogen-bond donors (Lipinski definition) is 1. The number of phenolic OH excluding ortho intramolecular Hbond substituents is 1. The van der Waals surface area contributed by atoms with Gasteiger partial charge in [-0.1, -0.05) is 24.3 Å². The molecule has 0 atom stereocenters. The molecule has 0 radical (unpaired) electrons. The molecule has 0 spiro atoms. The second-order valence-electron chi connectivity index (χ2n) is 6.36. The molecule has 3 aromatic carbocycles. The fourth-order valence-electron chi connectivity index (χ4n) is 3.09. The second kappa shape index (κ2) is 7.67. The summed E-state index contributed by atoms with van der Waals surface area (Å²) in [5, 5.41) is 19.9. The van der Waals surface area contributed by atoms with Crippen molar-refractivity contribution in [1.29, 1.82) is 0 Å². The maximum Gasteiger partial charge on any atom is 0.243 e. The number of phenols is 1. The predicted molar refractivity (Wildman–Crippen MR) is 106 cm³/mol. The van der Waals surface area contributed by atoms with Crippen molar-refractivity contribution >= 4 is 32.2 Å². The maximum atomic E-state index is 12.6. The van der Waals surface area contributed by atoms with Crippen LogP contribution in [-0.4, -0.2) is 44.1 Å². The number of rotatable bonds is 4. The van der Waals surface area contributed by atoms with Gasteiger partial charge in [-0.25, -0.2) is 8.42 Å². The number of azo groups is 1. The maximum absolute atomic E-state index is 12.6. The number of benzene rings is 3. The van der Waals surface area contributed by atoms with Gasteiger partial charge < -0.3 is 9.84 Å². The Kier molecular flexibility index (Phi) is 5.08. The molecule has 1 saturated heterocycles. The van der Waals surface area contributed by atoms with Gasteiger partial charge in [-0.3, -0.25) is 0 Å². The Morgan fingerprint density at radius 3 is 2.25 bits per heavy atom. The Labute approximate surface area is 162 Å². The second-order valence-corrected chi connectivity index (χ2v) is 8.30. The van der Waals surface area contributed by atoms with Gasteiger partial charge in [0.25, 0.3) is 0 Å². The number of nitrogens with zero attached hydrogens (tertiary/aromatic N) is 3. The molecule has 28 heavy (non-hydrogen) atoms. The van der Waals surface area contributed by atoms with Gasteiger partial charge in [0.15, 0.2) is 0 Å². The molecule has 1 aliphatic heterocycles. The zero-order chi connectivity index (χ0) is 19.6. The van der Waals surface area contributed by atoms with Gasteiger partial charge in [-0.15, -0.1) is 5.11 Å². The van der Waals surface area contributed by atoms with Crippen LogP contribution >= 0.6 is 0 Å². The summed E-state index contributed by atoms with van der Waals surface area (Å²) in [6.07, 6.45) is 0. The number of ether oxygens (including phenoxy) is 1. The topological polar surface area (TPSA) is 91.6 Å². The first-order valence-corrected chi connectivity index (χ1v) is 10.3. The van der Waals surface area contributed by atoms with E-state index in [9.17, 15) is 13.5 Å². The van der Waals surface area contributed by atoms with E-state index in [1.54, 1.807) is 24.3 Å². The minimum atomic E-state index is -3.53. The Morgan fingerprint density at radius 1 is 0.857 bits per heavy atom. The van der Waals surface area contributed by atoms with Crippen molar-refractivity contribution in [3.05, 3.63) is 60.7 Å². The molecular weight excluding hydrogens is 378 g/mol. The van der Waals surface area contributed by atoms with Gasteiger partial charge in [0.2, 0.25) is 10.0 Å². The normalized spacial score (nSPS) is 16.0. The summed E-state index contributed by atoms with van der Waals surface area (Å²) in [7, 11) is -3.53. The summed E-state index contributed by atoms with van der Waals surface area (Å²) >= 11 is 0. The van der Waals surface area contributed by atoms with Crippen LogP contribution in [0.2, 0.25) is 0 Å². The van der Waals surface area contributed by atoms with Crippen LogP contribution in [0.4, 0.5) is 11.4 Å². The number of morpholine rings is 1. The summed E-state index contributed by atoms with van der Waals surface area (Å²) in [5.41, 5.74) is 1.16. The van der Waals surface area contributed by atoms with E-state index >= 15 is 0 Å². The van der Waals surface area contributed by atoms with Crippen molar-refractivity contribution in [1.82, 2.24) is 4.31 Å². The number of fused-ring (bicyclic) bond motifs is 1. The van der Waals surface area contributed by atoms with Crippen molar-refractivity contribution in [2.75, 3.05) is 26.3 Å².